The van der Waals surface area contributed by atoms with Crippen molar-refractivity contribution in [1.82, 2.24) is 5.32 Å². The molecule has 0 heterocycles. The molecule has 0 radical (unpaired) electrons. The van der Waals surface area contributed by atoms with Gasteiger partial charge in [-0.25, -0.2) is 0 Å². The Kier molecular flexibility index (Phi) is 7.04. The van der Waals surface area contributed by atoms with Gasteiger partial charge in [0.15, 0.2) is 0 Å². The van der Waals surface area contributed by atoms with Crippen LogP contribution in [-0.4, -0.2) is 12.5 Å². The number of primary amides is 1. The van der Waals surface area contributed by atoms with E-state index in [1.807, 2.05) is 18.2 Å². The van der Waals surface area contributed by atoms with Gasteiger partial charge in [-0.2, -0.15) is 0 Å². The molecular formula is C25H28N2O2. The molecule has 3 aromatic rings. The average Bonchev–Trinajstić information content (AvgIpc) is 2.72. The summed E-state index contributed by atoms with van der Waals surface area (Å²) in [5.41, 5.74) is 12.3. The lowest BCUT2D eigenvalue weighted by atomic mass is 9.97. The van der Waals surface area contributed by atoms with Crippen LogP contribution in [0.15, 0.2) is 66.7 Å². The van der Waals surface area contributed by atoms with Crippen LogP contribution in [0.1, 0.15) is 28.7 Å². The summed E-state index contributed by atoms with van der Waals surface area (Å²) in [7, 11) is 0. The SMILES string of the molecule is Cc1cc(CNCCC(N)=O)ccc1OCc1cccc(-c2ccccc2)c1C. The third-order valence-corrected chi connectivity index (χ3v) is 5.03. The molecule has 0 saturated carbocycles. The van der Waals surface area contributed by atoms with Crippen LogP contribution in [0, 0.1) is 13.8 Å². The first-order valence-electron chi connectivity index (χ1n) is 9.90. The Bertz CT molecular complexity index is 968. The number of ether oxygens (including phenoxy) is 1. The van der Waals surface area contributed by atoms with Gasteiger partial charge in [0.1, 0.15) is 12.4 Å². The maximum atomic E-state index is 10.8. The highest BCUT2D eigenvalue weighted by Gasteiger charge is 2.08. The molecule has 29 heavy (non-hydrogen) atoms. The summed E-state index contributed by atoms with van der Waals surface area (Å²) in [4.78, 5) is 10.8. The second-order valence-electron chi connectivity index (χ2n) is 7.24. The standard InChI is InChI=1S/C25H28N2O2/c1-18-15-20(16-27-14-13-25(26)28)11-12-24(18)29-17-22-9-6-10-23(19(22)2)21-7-4-3-5-8-21/h3-12,15,27H,13-14,16-17H2,1-2H3,(H2,26,28). The Hall–Kier alpha value is -3.11. The van der Waals surface area contributed by atoms with E-state index in [0.29, 0.717) is 26.1 Å². The number of amides is 1. The monoisotopic (exact) mass is 388 g/mol. The van der Waals surface area contributed by atoms with Gasteiger partial charge in [-0.1, -0.05) is 60.7 Å². The third kappa shape index (κ3) is 5.69. The predicted molar refractivity (Wildman–Crippen MR) is 118 cm³/mol. The van der Waals surface area contributed by atoms with Crippen LogP contribution in [-0.2, 0) is 17.9 Å². The molecule has 0 saturated heterocycles. The van der Waals surface area contributed by atoms with Gasteiger partial charge in [-0.05, 0) is 53.3 Å². The molecule has 0 bridgehead atoms. The van der Waals surface area contributed by atoms with Crippen molar-refractivity contribution in [1.29, 1.82) is 0 Å². The maximum absolute atomic E-state index is 10.8. The highest BCUT2D eigenvalue weighted by atomic mass is 16.5. The van der Waals surface area contributed by atoms with E-state index in [2.05, 4.69) is 67.7 Å². The van der Waals surface area contributed by atoms with Gasteiger partial charge < -0.3 is 15.8 Å². The number of benzene rings is 3. The van der Waals surface area contributed by atoms with Crippen molar-refractivity contribution in [2.75, 3.05) is 6.54 Å². The predicted octanol–water partition coefficient (Wildman–Crippen LogP) is 4.51. The van der Waals surface area contributed by atoms with Crippen LogP contribution in [0.5, 0.6) is 5.75 Å². The molecule has 4 nitrogen and oxygen atoms in total. The summed E-state index contributed by atoms with van der Waals surface area (Å²) < 4.78 is 6.13. The number of rotatable bonds is 9. The smallest absolute Gasteiger partial charge is 0.218 e. The fraction of sp³-hybridized carbons (Fsp3) is 0.240. The number of carbonyl (C=O) groups excluding carboxylic acids is 1. The van der Waals surface area contributed by atoms with Gasteiger partial charge >= 0.3 is 0 Å². The van der Waals surface area contributed by atoms with Crippen molar-refractivity contribution in [3.8, 4) is 16.9 Å². The van der Waals surface area contributed by atoms with Gasteiger partial charge in [-0.15, -0.1) is 0 Å². The first-order valence-corrected chi connectivity index (χ1v) is 9.90. The van der Waals surface area contributed by atoms with Gasteiger partial charge in [0.25, 0.3) is 0 Å². The van der Waals surface area contributed by atoms with Crippen molar-refractivity contribution < 1.29 is 9.53 Å². The molecule has 0 aromatic heterocycles. The highest BCUT2D eigenvalue weighted by Crippen LogP contribution is 2.27. The zero-order valence-corrected chi connectivity index (χ0v) is 17.1. The molecule has 1 amide bonds. The zero-order valence-electron chi connectivity index (χ0n) is 17.1. The second-order valence-corrected chi connectivity index (χ2v) is 7.24. The van der Waals surface area contributed by atoms with E-state index in [1.54, 1.807) is 0 Å². The Morgan fingerprint density at radius 2 is 1.79 bits per heavy atom. The van der Waals surface area contributed by atoms with Crippen LogP contribution in [0.25, 0.3) is 11.1 Å². The minimum absolute atomic E-state index is 0.288. The van der Waals surface area contributed by atoms with Crippen LogP contribution >= 0.6 is 0 Å². The fourth-order valence-corrected chi connectivity index (χ4v) is 3.35. The van der Waals surface area contributed by atoms with Crippen LogP contribution < -0.4 is 15.8 Å². The number of aryl methyl sites for hydroxylation is 1. The summed E-state index contributed by atoms with van der Waals surface area (Å²) in [5.74, 6) is 0.597. The van der Waals surface area contributed by atoms with Crippen molar-refractivity contribution >= 4 is 5.91 Å². The van der Waals surface area contributed by atoms with Crippen LogP contribution in [0.2, 0.25) is 0 Å². The molecule has 0 aliphatic heterocycles. The van der Waals surface area contributed by atoms with Gasteiger partial charge in [0, 0.05) is 19.5 Å². The second kappa shape index (κ2) is 9.89. The summed E-state index contributed by atoms with van der Waals surface area (Å²) in [6, 6.07) is 22.9. The lowest BCUT2D eigenvalue weighted by molar-refractivity contribution is -0.117. The normalized spacial score (nSPS) is 10.7. The van der Waals surface area contributed by atoms with Gasteiger partial charge in [0.05, 0.1) is 0 Å². The van der Waals surface area contributed by atoms with Gasteiger partial charge in [0.2, 0.25) is 5.91 Å². The van der Waals surface area contributed by atoms with E-state index in [0.717, 1.165) is 16.9 Å². The van der Waals surface area contributed by atoms with E-state index < -0.39 is 0 Å². The number of carbonyl (C=O) groups is 1. The van der Waals surface area contributed by atoms with Crippen LogP contribution in [0.3, 0.4) is 0 Å². The zero-order chi connectivity index (χ0) is 20.6. The Labute approximate surface area is 172 Å². The number of hydrogen-bond acceptors (Lipinski definition) is 3. The van der Waals surface area contributed by atoms with Crippen molar-refractivity contribution in [2.45, 2.75) is 33.4 Å². The molecule has 0 aliphatic rings. The van der Waals surface area contributed by atoms with E-state index in [9.17, 15) is 4.79 Å². The third-order valence-electron chi connectivity index (χ3n) is 5.03. The van der Waals surface area contributed by atoms with E-state index >= 15 is 0 Å². The average molecular weight is 389 g/mol. The highest BCUT2D eigenvalue weighted by molar-refractivity contribution is 5.73. The minimum Gasteiger partial charge on any atom is -0.489 e. The van der Waals surface area contributed by atoms with Crippen molar-refractivity contribution in [2.24, 2.45) is 5.73 Å². The largest absolute Gasteiger partial charge is 0.489 e. The quantitative estimate of drug-likeness (QED) is 0.530. The van der Waals surface area contributed by atoms with Crippen LogP contribution in [0.4, 0.5) is 0 Å². The number of hydrogen-bond donors (Lipinski definition) is 2. The van der Waals surface area contributed by atoms with E-state index in [-0.39, 0.29) is 5.91 Å². The Morgan fingerprint density at radius 1 is 1.00 bits per heavy atom. The van der Waals surface area contributed by atoms with Crippen molar-refractivity contribution in [3.63, 3.8) is 0 Å². The number of nitrogens with one attached hydrogen (secondary N) is 1. The Balaban J connectivity index is 1.64. The fourth-order valence-electron chi connectivity index (χ4n) is 3.35. The topological polar surface area (TPSA) is 64.3 Å². The summed E-state index contributed by atoms with van der Waals surface area (Å²) in [6.07, 6.45) is 0.349. The molecule has 0 atom stereocenters. The van der Waals surface area contributed by atoms with Crippen molar-refractivity contribution in [3.05, 3.63) is 89.0 Å². The summed E-state index contributed by atoms with van der Waals surface area (Å²) >= 11 is 0. The lowest BCUT2D eigenvalue weighted by Crippen LogP contribution is -2.21. The van der Waals surface area contributed by atoms with E-state index in [4.69, 9.17) is 10.5 Å². The molecular weight excluding hydrogens is 360 g/mol. The molecule has 0 fully saturated rings. The minimum atomic E-state index is -0.288. The first kappa shape index (κ1) is 20.6. The molecule has 3 rings (SSSR count). The molecule has 4 heteroatoms. The molecule has 3 N–H and O–H groups in total. The first-order chi connectivity index (χ1) is 14.0. The van der Waals surface area contributed by atoms with E-state index in [1.165, 1.54) is 22.3 Å². The summed E-state index contributed by atoms with van der Waals surface area (Å²) in [6.45, 7) is 6.02. The molecule has 0 aliphatic carbocycles. The maximum Gasteiger partial charge on any atom is 0.218 e. The Morgan fingerprint density at radius 3 is 2.52 bits per heavy atom. The summed E-state index contributed by atoms with van der Waals surface area (Å²) in [5, 5.41) is 3.23. The molecule has 150 valence electrons. The lowest BCUT2D eigenvalue weighted by Gasteiger charge is -2.15. The molecule has 0 spiro atoms. The number of nitrogens with two attached hydrogens (primary N) is 1. The van der Waals surface area contributed by atoms with Gasteiger partial charge in [-0.3, -0.25) is 4.79 Å². The molecule has 0 unspecified atom stereocenters. The molecule has 3 aromatic carbocycles.